The fraction of sp³-hybridized carbons (Fsp3) is 0.500. The first kappa shape index (κ1) is 15.8. The number of carbonyl (C=O) groups excluding carboxylic acids is 2. The molecule has 21 heavy (non-hydrogen) atoms. The van der Waals surface area contributed by atoms with E-state index in [9.17, 15) is 9.59 Å². The van der Waals surface area contributed by atoms with Crippen LogP contribution in [0.25, 0.3) is 0 Å². The van der Waals surface area contributed by atoms with Gasteiger partial charge in [0.1, 0.15) is 0 Å². The molecule has 4 nitrogen and oxygen atoms in total. The highest BCUT2D eigenvalue weighted by Gasteiger charge is 2.20. The number of anilines is 1. The number of benzene rings is 1. The normalized spacial score (nSPS) is 15.5. The van der Waals surface area contributed by atoms with Crippen LogP contribution >= 0.6 is 11.6 Å². The van der Waals surface area contributed by atoms with Gasteiger partial charge in [0.05, 0.1) is 10.7 Å². The SMILES string of the molecule is O=C(CCNC(=O)C1CCCCC1)Nc1ccccc1Cl. The van der Waals surface area contributed by atoms with Gasteiger partial charge in [-0.05, 0) is 25.0 Å². The molecule has 1 aromatic rings. The Balaban J connectivity index is 1.69. The number of hydrogen-bond acceptors (Lipinski definition) is 2. The summed E-state index contributed by atoms with van der Waals surface area (Å²) >= 11 is 5.97. The van der Waals surface area contributed by atoms with Crippen molar-refractivity contribution in [2.75, 3.05) is 11.9 Å². The number of nitrogens with one attached hydrogen (secondary N) is 2. The molecular formula is C16H21ClN2O2. The summed E-state index contributed by atoms with van der Waals surface area (Å²) in [6.45, 7) is 0.367. The van der Waals surface area contributed by atoms with Crippen LogP contribution < -0.4 is 10.6 Å². The molecule has 0 spiro atoms. The van der Waals surface area contributed by atoms with Gasteiger partial charge in [-0.25, -0.2) is 0 Å². The summed E-state index contributed by atoms with van der Waals surface area (Å²) in [4.78, 5) is 23.7. The third-order valence-electron chi connectivity index (χ3n) is 3.78. The maximum absolute atomic E-state index is 11.9. The van der Waals surface area contributed by atoms with E-state index < -0.39 is 0 Å². The van der Waals surface area contributed by atoms with Crippen molar-refractivity contribution in [3.8, 4) is 0 Å². The molecular weight excluding hydrogens is 288 g/mol. The highest BCUT2D eigenvalue weighted by molar-refractivity contribution is 6.33. The van der Waals surface area contributed by atoms with Crippen LogP contribution in [-0.4, -0.2) is 18.4 Å². The Hall–Kier alpha value is -1.55. The van der Waals surface area contributed by atoms with E-state index in [1.165, 1.54) is 6.42 Å². The molecule has 1 aromatic carbocycles. The van der Waals surface area contributed by atoms with Crippen LogP contribution in [-0.2, 0) is 9.59 Å². The molecule has 0 atom stereocenters. The Morgan fingerprint density at radius 3 is 2.57 bits per heavy atom. The Kier molecular flexibility index (Phi) is 6.05. The zero-order valence-corrected chi connectivity index (χ0v) is 12.8. The molecule has 0 heterocycles. The van der Waals surface area contributed by atoms with Crippen molar-refractivity contribution in [2.45, 2.75) is 38.5 Å². The average Bonchev–Trinajstić information content (AvgIpc) is 2.50. The van der Waals surface area contributed by atoms with Gasteiger partial charge in [-0.3, -0.25) is 9.59 Å². The first-order chi connectivity index (χ1) is 10.2. The highest BCUT2D eigenvalue weighted by Crippen LogP contribution is 2.23. The van der Waals surface area contributed by atoms with E-state index in [0.29, 0.717) is 17.3 Å². The topological polar surface area (TPSA) is 58.2 Å². The van der Waals surface area contributed by atoms with Gasteiger partial charge in [0.2, 0.25) is 11.8 Å². The zero-order chi connectivity index (χ0) is 15.1. The first-order valence-electron chi connectivity index (χ1n) is 7.49. The summed E-state index contributed by atoms with van der Waals surface area (Å²) in [5, 5.41) is 6.10. The Bertz CT molecular complexity index is 499. The molecule has 1 aliphatic carbocycles. The van der Waals surface area contributed by atoms with Gasteiger partial charge in [0, 0.05) is 18.9 Å². The second kappa shape index (κ2) is 8.03. The van der Waals surface area contributed by atoms with E-state index in [-0.39, 0.29) is 24.2 Å². The Labute approximate surface area is 130 Å². The van der Waals surface area contributed by atoms with Gasteiger partial charge < -0.3 is 10.6 Å². The maximum atomic E-state index is 11.9. The van der Waals surface area contributed by atoms with E-state index >= 15 is 0 Å². The molecule has 0 radical (unpaired) electrons. The minimum absolute atomic E-state index is 0.0836. The van der Waals surface area contributed by atoms with Gasteiger partial charge in [-0.15, -0.1) is 0 Å². The standard InChI is InChI=1S/C16H21ClN2O2/c17-13-8-4-5-9-14(13)19-15(20)10-11-18-16(21)12-6-2-1-3-7-12/h4-5,8-9,12H,1-3,6-7,10-11H2,(H,18,21)(H,19,20). The van der Waals surface area contributed by atoms with Crippen molar-refractivity contribution in [2.24, 2.45) is 5.92 Å². The summed E-state index contributed by atoms with van der Waals surface area (Å²) in [5.41, 5.74) is 0.600. The van der Waals surface area contributed by atoms with E-state index in [4.69, 9.17) is 11.6 Å². The number of amides is 2. The van der Waals surface area contributed by atoms with Gasteiger partial charge >= 0.3 is 0 Å². The van der Waals surface area contributed by atoms with Crippen molar-refractivity contribution in [1.29, 1.82) is 0 Å². The Morgan fingerprint density at radius 2 is 1.86 bits per heavy atom. The van der Waals surface area contributed by atoms with Crippen LogP contribution in [0.15, 0.2) is 24.3 Å². The third-order valence-corrected chi connectivity index (χ3v) is 4.10. The summed E-state index contributed by atoms with van der Waals surface area (Å²) in [7, 11) is 0. The van der Waals surface area contributed by atoms with Crippen LogP contribution in [0.5, 0.6) is 0 Å². The van der Waals surface area contributed by atoms with E-state index in [1.54, 1.807) is 12.1 Å². The molecule has 114 valence electrons. The van der Waals surface area contributed by atoms with Crippen molar-refractivity contribution >= 4 is 29.1 Å². The molecule has 0 saturated heterocycles. The molecule has 2 rings (SSSR count). The fourth-order valence-corrected chi connectivity index (χ4v) is 2.77. The van der Waals surface area contributed by atoms with Crippen molar-refractivity contribution in [3.05, 3.63) is 29.3 Å². The van der Waals surface area contributed by atoms with Crippen molar-refractivity contribution < 1.29 is 9.59 Å². The lowest BCUT2D eigenvalue weighted by Gasteiger charge is -2.20. The fourth-order valence-electron chi connectivity index (χ4n) is 2.58. The highest BCUT2D eigenvalue weighted by atomic mass is 35.5. The summed E-state index contributed by atoms with van der Waals surface area (Å²) in [6, 6.07) is 7.09. The van der Waals surface area contributed by atoms with E-state index in [0.717, 1.165) is 25.7 Å². The van der Waals surface area contributed by atoms with Crippen molar-refractivity contribution in [3.63, 3.8) is 0 Å². The minimum atomic E-state index is -0.146. The third kappa shape index (κ3) is 5.05. The maximum Gasteiger partial charge on any atom is 0.226 e. The van der Waals surface area contributed by atoms with Crippen LogP contribution in [0.4, 0.5) is 5.69 Å². The predicted molar refractivity (Wildman–Crippen MR) is 84.3 cm³/mol. The summed E-state index contributed by atoms with van der Waals surface area (Å²) in [6.07, 6.45) is 5.68. The largest absolute Gasteiger partial charge is 0.355 e. The lowest BCUT2D eigenvalue weighted by atomic mass is 9.89. The quantitative estimate of drug-likeness (QED) is 0.876. The molecule has 0 unspecified atom stereocenters. The summed E-state index contributed by atoms with van der Waals surface area (Å²) in [5.74, 6) is 0.0673. The van der Waals surface area contributed by atoms with Crippen LogP contribution in [0, 0.1) is 5.92 Å². The number of rotatable bonds is 5. The van der Waals surface area contributed by atoms with E-state index in [2.05, 4.69) is 10.6 Å². The lowest BCUT2D eigenvalue weighted by Crippen LogP contribution is -2.34. The van der Waals surface area contributed by atoms with Gasteiger partial charge in [0.15, 0.2) is 0 Å². The van der Waals surface area contributed by atoms with Gasteiger partial charge in [0.25, 0.3) is 0 Å². The molecule has 1 fully saturated rings. The van der Waals surface area contributed by atoms with Crippen LogP contribution in [0.1, 0.15) is 38.5 Å². The van der Waals surface area contributed by atoms with Crippen LogP contribution in [0.3, 0.4) is 0 Å². The molecule has 2 N–H and O–H groups in total. The predicted octanol–water partition coefficient (Wildman–Crippen LogP) is 3.37. The molecule has 0 bridgehead atoms. The second-order valence-corrected chi connectivity index (χ2v) is 5.81. The second-order valence-electron chi connectivity index (χ2n) is 5.40. The smallest absolute Gasteiger partial charge is 0.226 e. The van der Waals surface area contributed by atoms with Gasteiger partial charge in [-0.1, -0.05) is 43.0 Å². The number of para-hydroxylation sites is 1. The minimum Gasteiger partial charge on any atom is -0.355 e. The monoisotopic (exact) mass is 308 g/mol. The zero-order valence-electron chi connectivity index (χ0n) is 12.0. The Morgan fingerprint density at radius 1 is 1.14 bits per heavy atom. The van der Waals surface area contributed by atoms with Crippen molar-refractivity contribution in [1.82, 2.24) is 5.32 Å². The van der Waals surface area contributed by atoms with Gasteiger partial charge in [-0.2, -0.15) is 0 Å². The molecule has 1 saturated carbocycles. The van der Waals surface area contributed by atoms with Crippen LogP contribution in [0.2, 0.25) is 5.02 Å². The number of carbonyl (C=O) groups is 2. The average molecular weight is 309 g/mol. The summed E-state index contributed by atoms with van der Waals surface area (Å²) < 4.78 is 0. The first-order valence-corrected chi connectivity index (χ1v) is 7.86. The van der Waals surface area contributed by atoms with E-state index in [1.807, 2.05) is 12.1 Å². The molecule has 5 heteroatoms. The number of hydrogen-bond donors (Lipinski definition) is 2. The molecule has 2 amide bonds. The molecule has 1 aliphatic rings. The molecule has 0 aliphatic heterocycles. The molecule has 0 aromatic heterocycles. The lowest BCUT2D eigenvalue weighted by molar-refractivity contribution is -0.126. The number of halogens is 1.